The molecule has 0 spiro atoms. The summed E-state index contributed by atoms with van der Waals surface area (Å²) in [7, 11) is 0. The van der Waals surface area contributed by atoms with Gasteiger partial charge < -0.3 is 35.4 Å². The highest BCUT2D eigenvalue weighted by molar-refractivity contribution is 5.88. The average molecular weight is 710 g/mol. The van der Waals surface area contributed by atoms with E-state index < -0.39 is 35.7 Å². The van der Waals surface area contributed by atoms with Crippen LogP contribution in [0.1, 0.15) is 56.3 Å². The Morgan fingerprint density at radius 3 is 2.46 bits per heavy atom. The first-order valence-corrected chi connectivity index (χ1v) is 18.2. The minimum absolute atomic E-state index is 0.0934. The highest BCUT2D eigenvalue weighted by Gasteiger charge is 2.41. The molecule has 6 atom stereocenters. The number of fused-ring (bicyclic) bond motifs is 2. The molecular weight excluding hydrogens is 658 g/mol. The van der Waals surface area contributed by atoms with Crippen molar-refractivity contribution in [2.75, 3.05) is 26.3 Å². The number of aliphatic hydroxyl groups is 3. The molecule has 2 amide bonds. The molecule has 1 saturated heterocycles. The fourth-order valence-corrected chi connectivity index (χ4v) is 7.50. The van der Waals surface area contributed by atoms with Crippen molar-refractivity contribution in [3.05, 3.63) is 108 Å². The molecule has 1 unspecified atom stereocenters. The van der Waals surface area contributed by atoms with Crippen LogP contribution in [0.4, 0.5) is 0 Å². The zero-order chi connectivity index (χ0) is 36.8. The van der Waals surface area contributed by atoms with Gasteiger partial charge in [-0.25, -0.2) is 0 Å². The summed E-state index contributed by atoms with van der Waals surface area (Å²) in [5.74, 6) is 0.335. The van der Waals surface area contributed by atoms with Gasteiger partial charge in [-0.1, -0.05) is 72.8 Å². The number of nitrogens with zero attached hydrogens (tertiary/aromatic N) is 1. The van der Waals surface area contributed by atoms with Crippen molar-refractivity contribution in [1.29, 1.82) is 0 Å². The molecule has 4 aromatic rings. The zero-order valence-electron chi connectivity index (χ0n) is 30.2. The topological polar surface area (TPSA) is 141 Å². The van der Waals surface area contributed by atoms with Crippen LogP contribution in [0.15, 0.2) is 91.0 Å². The van der Waals surface area contributed by atoms with Gasteiger partial charge in [0.05, 0.1) is 30.9 Å². The minimum Gasteiger partial charge on any atom is -0.491 e. The Morgan fingerprint density at radius 1 is 0.962 bits per heavy atom. The van der Waals surface area contributed by atoms with Crippen LogP contribution in [-0.2, 0) is 22.4 Å². The van der Waals surface area contributed by atoms with E-state index in [0.29, 0.717) is 31.6 Å². The van der Waals surface area contributed by atoms with E-state index in [1.165, 1.54) is 0 Å². The van der Waals surface area contributed by atoms with E-state index in [-0.39, 0.29) is 44.1 Å². The number of hydrogen-bond donors (Lipinski definition) is 5. The number of benzene rings is 4. The third kappa shape index (κ3) is 9.30. The van der Waals surface area contributed by atoms with Gasteiger partial charge in [0, 0.05) is 42.8 Å². The van der Waals surface area contributed by atoms with Crippen LogP contribution in [0.25, 0.3) is 10.8 Å². The van der Waals surface area contributed by atoms with E-state index >= 15 is 0 Å². The minimum atomic E-state index is -0.940. The van der Waals surface area contributed by atoms with Gasteiger partial charge in [0.1, 0.15) is 24.2 Å². The quantitative estimate of drug-likeness (QED) is 0.130. The second kappa shape index (κ2) is 16.5. The molecule has 0 radical (unpaired) electrons. The SMILES string of the molecule is CC(C)(C)NC(=O)C1C[C@H](Oc2cccc3ccccc23)CN1C[C@@H](O)C[C@@H](Cc1ccc(OCCO)cc1)C(=O)N[C@H]1c2ccccc2C[C@H]1O. The summed E-state index contributed by atoms with van der Waals surface area (Å²) in [5, 5.41) is 40.0. The maximum absolute atomic E-state index is 14.0. The molecule has 276 valence electrons. The van der Waals surface area contributed by atoms with Crippen molar-refractivity contribution in [3.63, 3.8) is 0 Å². The standard InChI is InChI=1S/C42H51N3O7/c1-42(2,3)44-41(50)36-24-33(52-38-14-8-11-28-9-4-6-12-34(28)38)26-45(36)25-31(47)22-30(21-27-15-17-32(18-16-27)51-20-19-46)40(49)43-39-35-13-7-5-10-29(35)23-37(39)48/h4-18,30-31,33,36-37,39,46-48H,19-26H2,1-3H3,(H,43,49)(H,44,50)/t30-,31+,33+,36?,37-,39+/m1/s1. The van der Waals surface area contributed by atoms with Gasteiger partial charge in [-0.2, -0.15) is 0 Å². The number of likely N-dealkylation sites (tertiary alicyclic amines) is 1. The van der Waals surface area contributed by atoms with Crippen molar-refractivity contribution in [2.24, 2.45) is 5.92 Å². The monoisotopic (exact) mass is 709 g/mol. The maximum atomic E-state index is 14.0. The molecule has 1 heterocycles. The molecule has 4 aromatic carbocycles. The van der Waals surface area contributed by atoms with Gasteiger partial charge in [-0.15, -0.1) is 0 Å². The van der Waals surface area contributed by atoms with Gasteiger partial charge in [-0.05, 0) is 73.9 Å². The van der Waals surface area contributed by atoms with Gasteiger partial charge in [0.2, 0.25) is 11.8 Å². The molecule has 1 aliphatic carbocycles. The molecule has 0 bridgehead atoms. The van der Waals surface area contributed by atoms with Gasteiger partial charge in [0.25, 0.3) is 0 Å². The summed E-state index contributed by atoms with van der Waals surface area (Å²) < 4.78 is 12.1. The van der Waals surface area contributed by atoms with E-state index in [2.05, 4.69) is 10.6 Å². The van der Waals surface area contributed by atoms with Crippen LogP contribution in [-0.4, -0.2) is 88.2 Å². The van der Waals surface area contributed by atoms with E-state index in [9.17, 15) is 19.8 Å². The van der Waals surface area contributed by atoms with Crippen LogP contribution in [0.5, 0.6) is 11.5 Å². The number of β-amino-alcohol motifs (C(OH)–C–C–N with tert-alkyl or cyclic N) is 1. The highest BCUT2D eigenvalue weighted by Crippen LogP contribution is 2.33. The summed E-state index contributed by atoms with van der Waals surface area (Å²) in [5.41, 5.74) is 2.34. The van der Waals surface area contributed by atoms with Crippen molar-refractivity contribution >= 4 is 22.6 Å². The molecule has 5 N–H and O–H groups in total. The lowest BCUT2D eigenvalue weighted by Crippen LogP contribution is -2.51. The van der Waals surface area contributed by atoms with Gasteiger partial charge >= 0.3 is 0 Å². The maximum Gasteiger partial charge on any atom is 0.237 e. The lowest BCUT2D eigenvalue weighted by molar-refractivity contribution is -0.129. The number of nitrogens with one attached hydrogen (secondary N) is 2. The van der Waals surface area contributed by atoms with Crippen LogP contribution < -0.4 is 20.1 Å². The fraction of sp³-hybridized carbons (Fsp3) is 0.429. The summed E-state index contributed by atoms with van der Waals surface area (Å²) >= 11 is 0. The second-order valence-corrected chi connectivity index (χ2v) is 15.1. The Labute approximate surface area is 305 Å². The third-order valence-electron chi connectivity index (χ3n) is 9.85. The van der Waals surface area contributed by atoms with Crippen molar-refractivity contribution in [3.8, 4) is 11.5 Å². The Hall–Kier alpha value is -4.48. The summed E-state index contributed by atoms with van der Waals surface area (Å²) in [4.78, 5) is 29.7. The van der Waals surface area contributed by atoms with E-state index in [0.717, 1.165) is 33.2 Å². The highest BCUT2D eigenvalue weighted by atomic mass is 16.5. The summed E-state index contributed by atoms with van der Waals surface area (Å²) in [6.45, 7) is 6.51. The summed E-state index contributed by atoms with van der Waals surface area (Å²) in [6, 6.07) is 28.0. The number of ether oxygens (including phenoxy) is 2. The smallest absolute Gasteiger partial charge is 0.237 e. The van der Waals surface area contributed by atoms with Crippen molar-refractivity contribution < 1.29 is 34.4 Å². The lowest BCUT2D eigenvalue weighted by Gasteiger charge is -2.30. The normalized spacial score (nSPS) is 21.3. The van der Waals surface area contributed by atoms with Gasteiger partial charge in [-0.3, -0.25) is 14.5 Å². The van der Waals surface area contributed by atoms with Crippen LogP contribution in [0, 0.1) is 5.92 Å². The number of rotatable bonds is 14. The van der Waals surface area contributed by atoms with Crippen LogP contribution >= 0.6 is 0 Å². The lowest BCUT2D eigenvalue weighted by atomic mass is 9.91. The van der Waals surface area contributed by atoms with E-state index in [1.54, 1.807) is 12.1 Å². The number of hydrogen-bond acceptors (Lipinski definition) is 8. The van der Waals surface area contributed by atoms with E-state index in [4.69, 9.17) is 14.6 Å². The molecule has 1 fully saturated rings. The fourth-order valence-electron chi connectivity index (χ4n) is 7.50. The molecule has 1 aliphatic heterocycles. The first-order chi connectivity index (χ1) is 25.0. The molecule has 0 saturated carbocycles. The molecule has 2 aliphatic rings. The first kappa shape index (κ1) is 37.3. The largest absolute Gasteiger partial charge is 0.491 e. The van der Waals surface area contributed by atoms with Crippen LogP contribution in [0.3, 0.4) is 0 Å². The third-order valence-corrected chi connectivity index (χ3v) is 9.85. The van der Waals surface area contributed by atoms with Gasteiger partial charge in [0.15, 0.2) is 0 Å². The number of aliphatic hydroxyl groups excluding tert-OH is 3. The number of carbonyl (C=O) groups is 2. The van der Waals surface area contributed by atoms with Crippen molar-refractivity contribution in [1.82, 2.24) is 15.5 Å². The Morgan fingerprint density at radius 2 is 1.69 bits per heavy atom. The molecule has 0 aromatic heterocycles. The van der Waals surface area contributed by atoms with Crippen molar-refractivity contribution in [2.45, 2.75) is 82.4 Å². The zero-order valence-corrected chi connectivity index (χ0v) is 30.2. The predicted molar refractivity (Wildman–Crippen MR) is 200 cm³/mol. The summed E-state index contributed by atoms with van der Waals surface area (Å²) in [6.07, 6.45) is -0.593. The molecule has 52 heavy (non-hydrogen) atoms. The Bertz CT molecular complexity index is 1820. The Kier molecular flexibility index (Phi) is 11.8. The number of amides is 2. The molecule has 10 nitrogen and oxygen atoms in total. The average Bonchev–Trinajstić information content (AvgIpc) is 3.66. The molecule has 6 rings (SSSR count). The molecular formula is C42H51N3O7. The predicted octanol–water partition coefficient (Wildman–Crippen LogP) is 4.33. The van der Waals surface area contributed by atoms with Crippen LogP contribution in [0.2, 0.25) is 0 Å². The van der Waals surface area contributed by atoms with E-state index in [1.807, 2.05) is 105 Å². The first-order valence-electron chi connectivity index (χ1n) is 18.2. The molecule has 10 heteroatoms. The number of carbonyl (C=O) groups excluding carboxylic acids is 2. The Balaban J connectivity index is 1.19. The second-order valence-electron chi connectivity index (χ2n) is 15.1.